The molecule has 0 aliphatic carbocycles. The molecule has 124 valence electrons. The largest absolute Gasteiger partial charge is 0.309 e. The predicted octanol–water partition coefficient (Wildman–Crippen LogP) is 1.43. The third-order valence-electron chi connectivity index (χ3n) is 4.55. The molecule has 0 bridgehead atoms. The van der Waals surface area contributed by atoms with Crippen LogP contribution in [0.4, 0.5) is 0 Å². The van der Waals surface area contributed by atoms with Gasteiger partial charge in [-0.15, -0.1) is 0 Å². The van der Waals surface area contributed by atoms with Crippen LogP contribution < -0.4 is 5.56 Å². The van der Waals surface area contributed by atoms with Gasteiger partial charge >= 0.3 is 0 Å². The van der Waals surface area contributed by atoms with E-state index in [-0.39, 0.29) is 5.56 Å². The van der Waals surface area contributed by atoms with Gasteiger partial charge in [-0.1, -0.05) is 12.1 Å². The van der Waals surface area contributed by atoms with Gasteiger partial charge in [0.25, 0.3) is 5.56 Å². The second-order valence-corrected chi connectivity index (χ2v) is 6.39. The van der Waals surface area contributed by atoms with Crippen molar-refractivity contribution in [2.24, 2.45) is 5.92 Å². The van der Waals surface area contributed by atoms with E-state index in [2.05, 4.69) is 25.0 Å². The zero-order chi connectivity index (χ0) is 16.4. The molecule has 0 saturated carbocycles. The molecule has 1 atom stereocenters. The molecule has 3 aromatic rings. The van der Waals surface area contributed by atoms with Gasteiger partial charge in [0, 0.05) is 13.1 Å². The molecule has 7 heteroatoms. The Bertz CT molecular complexity index is 872. The Morgan fingerprint density at radius 3 is 3.08 bits per heavy atom. The van der Waals surface area contributed by atoms with Crippen molar-refractivity contribution >= 4 is 10.9 Å². The van der Waals surface area contributed by atoms with E-state index in [1.807, 2.05) is 22.9 Å². The van der Waals surface area contributed by atoms with Crippen molar-refractivity contribution in [1.82, 2.24) is 29.6 Å². The standard InChI is InChI=1S/C17H20N6O/c24-17-14-5-1-2-6-15(14)20-16(21-17)10-22-7-3-4-13(8-22)9-23-12-18-11-19-23/h1-2,5-6,11-13H,3-4,7-10H2,(H,20,21,24)/t13-/m1/s1. The maximum Gasteiger partial charge on any atom is 0.258 e. The lowest BCUT2D eigenvalue weighted by atomic mass is 9.98. The Balaban J connectivity index is 1.47. The number of H-pyrrole nitrogens is 1. The lowest BCUT2D eigenvalue weighted by Crippen LogP contribution is -2.37. The van der Waals surface area contributed by atoms with Crippen molar-refractivity contribution in [2.75, 3.05) is 13.1 Å². The Morgan fingerprint density at radius 1 is 1.29 bits per heavy atom. The monoisotopic (exact) mass is 324 g/mol. The second kappa shape index (κ2) is 6.52. The summed E-state index contributed by atoms with van der Waals surface area (Å²) in [4.78, 5) is 26.1. The summed E-state index contributed by atoms with van der Waals surface area (Å²) in [6.45, 7) is 3.58. The smallest absolute Gasteiger partial charge is 0.258 e. The first-order chi connectivity index (χ1) is 11.8. The SMILES string of the molecule is O=c1[nH]c(CN2CCC[C@@H](Cn3cncn3)C2)nc2ccccc12. The molecule has 4 rings (SSSR count). The van der Waals surface area contributed by atoms with E-state index in [1.54, 1.807) is 18.7 Å². The number of aromatic amines is 1. The Labute approximate surface area is 139 Å². The molecule has 24 heavy (non-hydrogen) atoms. The van der Waals surface area contributed by atoms with E-state index >= 15 is 0 Å². The molecule has 7 nitrogen and oxygen atoms in total. The van der Waals surface area contributed by atoms with Crippen LogP contribution in [0.25, 0.3) is 10.9 Å². The summed E-state index contributed by atoms with van der Waals surface area (Å²) in [5.41, 5.74) is 0.694. The van der Waals surface area contributed by atoms with Crippen molar-refractivity contribution in [3.05, 3.63) is 53.1 Å². The number of nitrogens with zero attached hydrogens (tertiary/aromatic N) is 5. The minimum absolute atomic E-state index is 0.0632. The molecule has 0 radical (unpaired) electrons. The van der Waals surface area contributed by atoms with Gasteiger partial charge in [-0.05, 0) is 37.4 Å². The average molecular weight is 324 g/mol. The van der Waals surface area contributed by atoms with Crippen molar-refractivity contribution in [3.63, 3.8) is 0 Å². The molecule has 0 amide bonds. The maximum atomic E-state index is 12.2. The molecule has 3 heterocycles. The molecule has 1 aliphatic rings. The van der Waals surface area contributed by atoms with Gasteiger partial charge in [0.05, 0.1) is 17.4 Å². The molecule has 1 fully saturated rings. The number of fused-ring (bicyclic) bond motifs is 1. The number of hydrogen-bond donors (Lipinski definition) is 1. The Morgan fingerprint density at radius 2 is 2.21 bits per heavy atom. The van der Waals surface area contributed by atoms with Crippen LogP contribution in [0.3, 0.4) is 0 Å². The first kappa shape index (κ1) is 15.0. The maximum absolute atomic E-state index is 12.2. The van der Waals surface area contributed by atoms with Crippen molar-refractivity contribution in [1.29, 1.82) is 0 Å². The van der Waals surface area contributed by atoms with Crippen LogP contribution in [-0.4, -0.2) is 42.7 Å². The van der Waals surface area contributed by atoms with Crippen LogP contribution in [0.15, 0.2) is 41.7 Å². The second-order valence-electron chi connectivity index (χ2n) is 6.39. The molecular weight excluding hydrogens is 304 g/mol. The predicted molar refractivity (Wildman–Crippen MR) is 90.4 cm³/mol. The zero-order valence-corrected chi connectivity index (χ0v) is 13.4. The first-order valence-corrected chi connectivity index (χ1v) is 8.30. The van der Waals surface area contributed by atoms with E-state index in [1.165, 1.54) is 6.42 Å². The fourth-order valence-corrected chi connectivity index (χ4v) is 3.46. The van der Waals surface area contributed by atoms with Crippen molar-refractivity contribution in [2.45, 2.75) is 25.9 Å². The summed E-state index contributed by atoms with van der Waals surface area (Å²) in [7, 11) is 0. The van der Waals surface area contributed by atoms with Crippen LogP contribution in [-0.2, 0) is 13.1 Å². The van der Waals surface area contributed by atoms with Gasteiger partial charge in [0.1, 0.15) is 18.5 Å². The Hall–Kier alpha value is -2.54. The van der Waals surface area contributed by atoms with Gasteiger partial charge in [-0.3, -0.25) is 14.4 Å². The highest BCUT2D eigenvalue weighted by Gasteiger charge is 2.21. The fraction of sp³-hybridized carbons (Fsp3) is 0.412. The van der Waals surface area contributed by atoms with Crippen LogP contribution in [0.2, 0.25) is 0 Å². The van der Waals surface area contributed by atoms with E-state index in [0.29, 0.717) is 17.8 Å². The third-order valence-corrected chi connectivity index (χ3v) is 4.55. The van der Waals surface area contributed by atoms with Crippen LogP contribution >= 0.6 is 0 Å². The number of piperidine rings is 1. The summed E-state index contributed by atoms with van der Waals surface area (Å²) < 4.78 is 1.89. The minimum Gasteiger partial charge on any atom is -0.309 e. The summed E-state index contributed by atoms with van der Waals surface area (Å²) in [6.07, 6.45) is 5.68. The number of aromatic nitrogens is 5. The van der Waals surface area contributed by atoms with E-state index in [0.717, 1.165) is 37.4 Å². The van der Waals surface area contributed by atoms with Crippen LogP contribution in [0.5, 0.6) is 0 Å². The van der Waals surface area contributed by atoms with E-state index in [4.69, 9.17) is 0 Å². The zero-order valence-electron chi connectivity index (χ0n) is 13.4. The number of nitrogens with one attached hydrogen (secondary N) is 1. The summed E-state index contributed by atoms with van der Waals surface area (Å²) in [5.74, 6) is 1.28. The van der Waals surface area contributed by atoms with Gasteiger partial charge in [-0.2, -0.15) is 5.10 Å². The van der Waals surface area contributed by atoms with Crippen LogP contribution in [0.1, 0.15) is 18.7 Å². The quantitative estimate of drug-likeness (QED) is 0.785. The summed E-state index contributed by atoms with van der Waals surface area (Å²) >= 11 is 0. The van der Waals surface area contributed by atoms with Crippen LogP contribution in [0, 0.1) is 5.92 Å². The first-order valence-electron chi connectivity index (χ1n) is 8.30. The third kappa shape index (κ3) is 3.21. The molecule has 1 aromatic carbocycles. The lowest BCUT2D eigenvalue weighted by molar-refractivity contribution is 0.150. The summed E-state index contributed by atoms with van der Waals surface area (Å²) in [5, 5.41) is 4.83. The molecule has 0 unspecified atom stereocenters. The highest BCUT2D eigenvalue weighted by Crippen LogP contribution is 2.19. The molecule has 1 aliphatic heterocycles. The number of likely N-dealkylation sites (tertiary alicyclic amines) is 1. The molecule has 2 aromatic heterocycles. The molecule has 1 saturated heterocycles. The van der Waals surface area contributed by atoms with E-state index in [9.17, 15) is 4.79 Å². The molecule has 0 spiro atoms. The van der Waals surface area contributed by atoms with Gasteiger partial charge < -0.3 is 4.98 Å². The van der Waals surface area contributed by atoms with Gasteiger partial charge in [0.2, 0.25) is 0 Å². The fourth-order valence-electron chi connectivity index (χ4n) is 3.46. The minimum atomic E-state index is -0.0632. The number of benzene rings is 1. The average Bonchev–Trinajstić information content (AvgIpc) is 3.08. The van der Waals surface area contributed by atoms with Crippen molar-refractivity contribution < 1.29 is 0 Å². The molecular formula is C17H20N6O. The van der Waals surface area contributed by atoms with Gasteiger partial charge in [0.15, 0.2) is 0 Å². The highest BCUT2D eigenvalue weighted by molar-refractivity contribution is 5.77. The topological polar surface area (TPSA) is 79.7 Å². The van der Waals surface area contributed by atoms with Gasteiger partial charge in [-0.25, -0.2) is 9.97 Å². The summed E-state index contributed by atoms with van der Waals surface area (Å²) in [6, 6.07) is 7.46. The lowest BCUT2D eigenvalue weighted by Gasteiger charge is -2.32. The number of rotatable bonds is 4. The van der Waals surface area contributed by atoms with E-state index < -0.39 is 0 Å². The number of para-hydroxylation sites is 1. The molecule has 1 N–H and O–H groups in total. The van der Waals surface area contributed by atoms with Crippen molar-refractivity contribution in [3.8, 4) is 0 Å². The number of hydrogen-bond acceptors (Lipinski definition) is 5. The normalized spacial score (nSPS) is 18.9. The Kier molecular flexibility index (Phi) is 4.08. The highest BCUT2D eigenvalue weighted by atomic mass is 16.1.